The number of rotatable bonds is 14. The fourth-order valence-corrected chi connectivity index (χ4v) is 5.48. The van der Waals surface area contributed by atoms with E-state index in [1.807, 2.05) is 49.5 Å². The summed E-state index contributed by atoms with van der Waals surface area (Å²) < 4.78 is 46.6. The van der Waals surface area contributed by atoms with Gasteiger partial charge >= 0.3 is 6.36 Å². The average Bonchev–Trinajstić information content (AvgIpc) is 3.66. The predicted octanol–water partition coefficient (Wildman–Crippen LogP) is 6.92. The van der Waals surface area contributed by atoms with Crippen LogP contribution in [0, 0.1) is 0 Å². The molecule has 0 radical (unpaired) electrons. The third-order valence-electron chi connectivity index (χ3n) is 8.01. The Hall–Kier alpha value is -4.57. The summed E-state index contributed by atoms with van der Waals surface area (Å²) in [5, 5.41) is 5.78. The van der Waals surface area contributed by atoms with Gasteiger partial charge in [-0.05, 0) is 92.4 Å². The number of furan rings is 1. The number of carbonyl (C=O) groups is 2. The molecule has 4 aromatic rings. The van der Waals surface area contributed by atoms with Crippen molar-refractivity contribution in [3.8, 4) is 16.9 Å². The van der Waals surface area contributed by atoms with Gasteiger partial charge in [-0.2, -0.15) is 0 Å². The van der Waals surface area contributed by atoms with E-state index >= 15 is 0 Å². The van der Waals surface area contributed by atoms with Crippen molar-refractivity contribution in [1.29, 1.82) is 0 Å². The van der Waals surface area contributed by atoms with Gasteiger partial charge in [0, 0.05) is 17.5 Å². The van der Waals surface area contributed by atoms with Gasteiger partial charge in [-0.15, -0.1) is 13.2 Å². The van der Waals surface area contributed by atoms with Crippen LogP contribution < -0.4 is 15.4 Å². The van der Waals surface area contributed by atoms with Gasteiger partial charge in [-0.3, -0.25) is 9.59 Å². The maximum absolute atomic E-state index is 13.2. The fourth-order valence-electron chi connectivity index (χ4n) is 5.48. The molecule has 0 saturated heterocycles. The first-order valence-electron chi connectivity index (χ1n) is 15.0. The number of nitrogens with zero attached hydrogens (tertiary/aromatic N) is 1. The lowest BCUT2D eigenvalue weighted by Crippen LogP contribution is -2.46. The number of nitrogens with one attached hydrogen (secondary N) is 2. The van der Waals surface area contributed by atoms with Gasteiger partial charge in [0.2, 0.25) is 5.91 Å². The molecule has 1 heterocycles. The Bertz CT molecular complexity index is 1530. The first-order valence-corrected chi connectivity index (χ1v) is 15.0. The third kappa shape index (κ3) is 9.21. The Balaban J connectivity index is 1.12. The highest BCUT2D eigenvalue weighted by Crippen LogP contribution is 2.44. The molecular formula is C35H36F3N3O4. The Morgan fingerprint density at radius 2 is 1.64 bits per heavy atom. The summed E-state index contributed by atoms with van der Waals surface area (Å²) in [5.74, 6) is 0.0399. The normalized spacial score (nSPS) is 16.6. The molecule has 1 fully saturated rings. The summed E-state index contributed by atoms with van der Waals surface area (Å²) in [6, 6.07) is 26.3. The van der Waals surface area contributed by atoms with E-state index in [4.69, 9.17) is 4.42 Å². The van der Waals surface area contributed by atoms with Crippen molar-refractivity contribution >= 4 is 11.8 Å². The number of amides is 2. The number of likely N-dealkylation sites (N-methyl/N-ethyl adjacent to an activating group) is 1. The minimum absolute atomic E-state index is 0.221. The molecule has 3 unspecified atom stereocenters. The highest BCUT2D eigenvalue weighted by molar-refractivity contribution is 5.97. The van der Waals surface area contributed by atoms with Crippen LogP contribution in [0.25, 0.3) is 11.1 Å². The summed E-state index contributed by atoms with van der Waals surface area (Å²) in [4.78, 5) is 28.5. The Labute approximate surface area is 260 Å². The van der Waals surface area contributed by atoms with Crippen LogP contribution in [-0.4, -0.2) is 48.8 Å². The van der Waals surface area contributed by atoms with Crippen LogP contribution in [-0.2, 0) is 11.3 Å². The fraction of sp³-hybridized carbons (Fsp3) is 0.314. The molecule has 2 amide bonds. The van der Waals surface area contributed by atoms with Crippen molar-refractivity contribution in [2.45, 2.75) is 56.6 Å². The van der Waals surface area contributed by atoms with E-state index in [9.17, 15) is 22.8 Å². The molecule has 3 atom stereocenters. The van der Waals surface area contributed by atoms with Gasteiger partial charge in [-0.1, -0.05) is 54.6 Å². The molecule has 1 aliphatic rings. The van der Waals surface area contributed by atoms with Crippen LogP contribution in [0.15, 0.2) is 102 Å². The first-order chi connectivity index (χ1) is 21.7. The van der Waals surface area contributed by atoms with Gasteiger partial charge in [-0.25, -0.2) is 0 Å². The highest BCUT2D eigenvalue weighted by atomic mass is 19.4. The van der Waals surface area contributed by atoms with E-state index in [1.165, 1.54) is 18.4 Å². The molecule has 7 nitrogen and oxygen atoms in total. The van der Waals surface area contributed by atoms with E-state index in [2.05, 4.69) is 20.3 Å². The first kappa shape index (κ1) is 31.8. The largest absolute Gasteiger partial charge is 0.573 e. The number of ether oxygens (including phenoxy) is 1. The van der Waals surface area contributed by atoms with E-state index in [1.54, 1.807) is 36.4 Å². The third-order valence-corrected chi connectivity index (χ3v) is 8.01. The van der Waals surface area contributed by atoms with Gasteiger partial charge in [0.15, 0.2) is 0 Å². The van der Waals surface area contributed by atoms with Crippen LogP contribution in [0.5, 0.6) is 5.75 Å². The lowest BCUT2D eigenvalue weighted by molar-refractivity contribution is -0.274. The summed E-state index contributed by atoms with van der Waals surface area (Å²) in [5.41, 5.74) is 3.50. The summed E-state index contributed by atoms with van der Waals surface area (Å²) >= 11 is 0. The average molecular weight is 620 g/mol. The second-order valence-electron chi connectivity index (χ2n) is 11.3. The Morgan fingerprint density at radius 1 is 0.933 bits per heavy atom. The number of alkyl halides is 3. The van der Waals surface area contributed by atoms with E-state index < -0.39 is 12.4 Å². The topological polar surface area (TPSA) is 83.8 Å². The lowest BCUT2D eigenvalue weighted by atomic mass is 10.0. The molecule has 1 aliphatic carbocycles. The van der Waals surface area contributed by atoms with Crippen molar-refractivity contribution in [2.24, 2.45) is 0 Å². The molecule has 0 bridgehead atoms. The second-order valence-corrected chi connectivity index (χ2v) is 11.3. The zero-order valence-electron chi connectivity index (χ0n) is 24.9. The standard InChI is InChI=1S/C35H36F3N3O4/c1-41(32-22-30(32)26-16-18-28(19-17-26)45-35(36,37)38)20-6-5-11-31(34(43)39-23-29-10-7-21-44-29)40-33(42)27-14-12-25(13-15-27)24-8-3-2-4-9-24/h2-4,7-10,12-19,21,30-32H,5-6,11,20,22-23H2,1H3,(H,39,43)(H,40,42). The minimum Gasteiger partial charge on any atom is -0.467 e. The van der Waals surface area contributed by atoms with Gasteiger partial charge in [0.25, 0.3) is 5.91 Å². The van der Waals surface area contributed by atoms with Crippen LogP contribution in [0.2, 0.25) is 0 Å². The van der Waals surface area contributed by atoms with Crippen LogP contribution in [0.4, 0.5) is 13.2 Å². The summed E-state index contributed by atoms with van der Waals surface area (Å²) in [6.07, 6.45) is -0.273. The van der Waals surface area contributed by atoms with Gasteiger partial charge < -0.3 is 24.7 Å². The quantitative estimate of drug-likeness (QED) is 0.150. The molecule has 3 aromatic carbocycles. The number of unbranched alkanes of at least 4 members (excludes halogenated alkanes) is 1. The molecule has 236 valence electrons. The molecular weight excluding hydrogens is 583 g/mol. The number of hydrogen-bond donors (Lipinski definition) is 2. The zero-order chi connectivity index (χ0) is 31.8. The number of benzene rings is 3. The van der Waals surface area contributed by atoms with E-state index in [0.717, 1.165) is 36.1 Å². The smallest absolute Gasteiger partial charge is 0.467 e. The highest BCUT2D eigenvalue weighted by Gasteiger charge is 2.41. The van der Waals surface area contributed by atoms with Gasteiger partial charge in [0.1, 0.15) is 17.6 Å². The number of halogens is 3. The molecule has 10 heteroatoms. The molecule has 45 heavy (non-hydrogen) atoms. The van der Waals surface area contributed by atoms with Crippen molar-refractivity contribution in [3.63, 3.8) is 0 Å². The second kappa shape index (κ2) is 14.5. The maximum atomic E-state index is 13.2. The number of hydrogen-bond acceptors (Lipinski definition) is 5. The summed E-state index contributed by atoms with van der Waals surface area (Å²) in [6.45, 7) is 1.01. The summed E-state index contributed by atoms with van der Waals surface area (Å²) in [7, 11) is 2.03. The van der Waals surface area contributed by atoms with Crippen molar-refractivity contribution in [3.05, 3.63) is 114 Å². The van der Waals surface area contributed by atoms with Gasteiger partial charge in [0.05, 0.1) is 12.8 Å². The molecule has 0 aliphatic heterocycles. The number of carbonyl (C=O) groups excluding carboxylic acids is 2. The van der Waals surface area contributed by atoms with Crippen molar-refractivity contribution in [2.75, 3.05) is 13.6 Å². The molecule has 0 spiro atoms. The van der Waals surface area contributed by atoms with E-state index in [-0.39, 0.29) is 30.0 Å². The van der Waals surface area contributed by atoms with Crippen molar-refractivity contribution < 1.29 is 31.9 Å². The molecule has 1 saturated carbocycles. The van der Waals surface area contributed by atoms with Crippen LogP contribution >= 0.6 is 0 Å². The van der Waals surface area contributed by atoms with E-state index in [0.29, 0.717) is 30.2 Å². The molecule has 1 aromatic heterocycles. The Morgan fingerprint density at radius 3 is 2.31 bits per heavy atom. The lowest BCUT2D eigenvalue weighted by Gasteiger charge is -2.20. The monoisotopic (exact) mass is 619 g/mol. The SMILES string of the molecule is CN(CCCCC(NC(=O)c1ccc(-c2ccccc2)cc1)C(=O)NCc1ccco1)C1CC1c1ccc(OC(F)(F)F)cc1. The minimum atomic E-state index is -4.71. The predicted molar refractivity (Wildman–Crippen MR) is 164 cm³/mol. The maximum Gasteiger partial charge on any atom is 0.573 e. The molecule has 5 rings (SSSR count). The molecule has 2 N–H and O–H groups in total. The van der Waals surface area contributed by atoms with Crippen molar-refractivity contribution in [1.82, 2.24) is 15.5 Å². The Kier molecular flexibility index (Phi) is 10.2. The van der Waals surface area contributed by atoms with Crippen LogP contribution in [0.3, 0.4) is 0 Å². The van der Waals surface area contributed by atoms with Crippen LogP contribution in [0.1, 0.15) is 53.3 Å². The zero-order valence-corrected chi connectivity index (χ0v) is 24.9.